The summed E-state index contributed by atoms with van der Waals surface area (Å²) in [6.07, 6.45) is 2.08. The van der Waals surface area contributed by atoms with Crippen LogP contribution >= 0.6 is 15.9 Å². The van der Waals surface area contributed by atoms with Gasteiger partial charge in [0.05, 0.1) is 17.5 Å². The van der Waals surface area contributed by atoms with Crippen LogP contribution in [-0.2, 0) is 9.53 Å². The van der Waals surface area contributed by atoms with E-state index in [-0.39, 0.29) is 16.8 Å². The Balaban J connectivity index is 2.24. The van der Waals surface area contributed by atoms with Gasteiger partial charge < -0.3 is 10.1 Å². The molecule has 1 amide bonds. The number of ether oxygens (including phenoxy) is 1. The Morgan fingerprint density at radius 1 is 1.75 bits per heavy atom. The first-order valence-electron chi connectivity index (χ1n) is 4.22. The van der Waals surface area contributed by atoms with E-state index in [1.807, 2.05) is 6.92 Å². The molecular formula is C8H14BrNO2. The number of hydrogen-bond acceptors (Lipinski definition) is 2. The smallest absolute Gasteiger partial charge is 0.233 e. The monoisotopic (exact) mass is 235 g/mol. The lowest BCUT2D eigenvalue weighted by molar-refractivity contribution is -0.121. The minimum atomic E-state index is -0.112. The summed E-state index contributed by atoms with van der Waals surface area (Å²) in [7, 11) is 0. The summed E-state index contributed by atoms with van der Waals surface area (Å²) in [5, 5.41) is 2.91. The number of hydrogen-bond donors (Lipinski definition) is 1. The van der Waals surface area contributed by atoms with Crippen molar-refractivity contribution in [2.24, 2.45) is 0 Å². The summed E-state index contributed by atoms with van der Waals surface area (Å²) in [5.41, 5.74) is 0. The average molecular weight is 236 g/mol. The van der Waals surface area contributed by atoms with Crippen molar-refractivity contribution in [2.45, 2.75) is 30.6 Å². The normalized spacial score (nSPS) is 26.3. The molecule has 3 nitrogen and oxygen atoms in total. The Labute approximate surface area is 81.0 Å². The summed E-state index contributed by atoms with van der Waals surface area (Å²) >= 11 is 3.21. The van der Waals surface area contributed by atoms with Gasteiger partial charge in [-0.15, -0.1) is 0 Å². The third-order valence-electron chi connectivity index (χ3n) is 1.87. The first-order valence-corrected chi connectivity index (χ1v) is 5.14. The number of nitrogens with one attached hydrogen (secondary N) is 1. The van der Waals surface area contributed by atoms with Crippen LogP contribution in [0, 0.1) is 0 Å². The van der Waals surface area contributed by atoms with Crippen molar-refractivity contribution < 1.29 is 9.53 Å². The first-order chi connectivity index (χ1) is 5.70. The minimum absolute atomic E-state index is 0.0468. The van der Waals surface area contributed by atoms with E-state index in [0.29, 0.717) is 6.61 Å². The number of carbonyl (C=O) groups excluding carboxylic acids is 1. The summed E-state index contributed by atoms with van der Waals surface area (Å²) < 4.78 is 5.23. The van der Waals surface area contributed by atoms with E-state index in [2.05, 4.69) is 21.2 Å². The Morgan fingerprint density at radius 2 is 2.50 bits per heavy atom. The second-order valence-corrected chi connectivity index (χ2v) is 4.41. The van der Waals surface area contributed by atoms with E-state index in [4.69, 9.17) is 4.74 Å². The van der Waals surface area contributed by atoms with E-state index < -0.39 is 0 Å². The SMILES string of the molecule is CC(Br)C(=O)NC1CCCOC1. The van der Waals surface area contributed by atoms with Gasteiger partial charge in [-0.2, -0.15) is 0 Å². The maximum atomic E-state index is 11.2. The number of rotatable bonds is 2. The number of carbonyl (C=O) groups is 1. The molecule has 0 aliphatic carbocycles. The van der Waals surface area contributed by atoms with Crippen LogP contribution in [0.2, 0.25) is 0 Å². The molecule has 0 spiro atoms. The van der Waals surface area contributed by atoms with Crippen molar-refractivity contribution in [3.05, 3.63) is 0 Å². The Morgan fingerprint density at radius 3 is 3.00 bits per heavy atom. The molecule has 1 aliphatic rings. The molecule has 1 rings (SSSR count). The molecule has 12 heavy (non-hydrogen) atoms. The van der Waals surface area contributed by atoms with Gasteiger partial charge >= 0.3 is 0 Å². The largest absolute Gasteiger partial charge is 0.379 e. The zero-order valence-corrected chi connectivity index (χ0v) is 8.76. The molecule has 1 N–H and O–H groups in total. The van der Waals surface area contributed by atoms with Gasteiger partial charge in [-0.1, -0.05) is 15.9 Å². The lowest BCUT2D eigenvalue weighted by Crippen LogP contribution is -2.43. The third-order valence-corrected chi connectivity index (χ3v) is 2.28. The molecule has 0 saturated carbocycles. The van der Waals surface area contributed by atoms with Crippen LogP contribution in [0.3, 0.4) is 0 Å². The molecular weight excluding hydrogens is 222 g/mol. The van der Waals surface area contributed by atoms with E-state index in [0.717, 1.165) is 19.4 Å². The van der Waals surface area contributed by atoms with Gasteiger partial charge in [0.25, 0.3) is 0 Å². The van der Waals surface area contributed by atoms with Crippen LogP contribution in [0.4, 0.5) is 0 Å². The number of halogens is 1. The molecule has 0 aromatic heterocycles. The standard InChI is InChI=1S/C8H14BrNO2/c1-6(9)8(11)10-7-3-2-4-12-5-7/h6-7H,2-5H2,1H3,(H,10,11). The molecule has 1 heterocycles. The summed E-state index contributed by atoms with van der Waals surface area (Å²) in [4.78, 5) is 11.1. The third kappa shape index (κ3) is 3.11. The van der Waals surface area contributed by atoms with Gasteiger partial charge in [-0.3, -0.25) is 4.79 Å². The fourth-order valence-corrected chi connectivity index (χ4v) is 1.30. The lowest BCUT2D eigenvalue weighted by Gasteiger charge is -2.23. The number of alkyl halides is 1. The zero-order valence-electron chi connectivity index (χ0n) is 7.18. The molecule has 4 heteroatoms. The molecule has 0 radical (unpaired) electrons. The van der Waals surface area contributed by atoms with Crippen molar-refractivity contribution in [1.82, 2.24) is 5.32 Å². The van der Waals surface area contributed by atoms with Gasteiger partial charge in [-0.25, -0.2) is 0 Å². The minimum Gasteiger partial charge on any atom is -0.379 e. The summed E-state index contributed by atoms with van der Waals surface area (Å²) in [6.45, 7) is 3.31. The van der Waals surface area contributed by atoms with E-state index in [9.17, 15) is 4.79 Å². The van der Waals surface area contributed by atoms with Crippen LogP contribution in [0.5, 0.6) is 0 Å². The van der Waals surface area contributed by atoms with E-state index >= 15 is 0 Å². The second-order valence-electron chi connectivity index (χ2n) is 3.04. The molecule has 70 valence electrons. The molecule has 2 atom stereocenters. The van der Waals surface area contributed by atoms with Gasteiger partial charge in [-0.05, 0) is 19.8 Å². The molecule has 2 unspecified atom stereocenters. The molecule has 1 aliphatic heterocycles. The Kier molecular flexibility index (Phi) is 4.01. The van der Waals surface area contributed by atoms with Crippen LogP contribution in [0.1, 0.15) is 19.8 Å². The first kappa shape index (κ1) is 9.99. The predicted octanol–water partition coefficient (Wildman–Crippen LogP) is 1.06. The molecule has 1 saturated heterocycles. The van der Waals surface area contributed by atoms with Crippen molar-refractivity contribution in [3.63, 3.8) is 0 Å². The molecule has 1 fully saturated rings. The van der Waals surface area contributed by atoms with Crippen molar-refractivity contribution >= 4 is 21.8 Å². The zero-order chi connectivity index (χ0) is 8.97. The fourth-order valence-electron chi connectivity index (χ4n) is 1.17. The second kappa shape index (κ2) is 4.82. The average Bonchev–Trinajstić information content (AvgIpc) is 2.06. The Bertz CT molecular complexity index is 155. The highest BCUT2D eigenvalue weighted by atomic mass is 79.9. The molecule has 0 bridgehead atoms. The predicted molar refractivity (Wildman–Crippen MR) is 50.4 cm³/mol. The van der Waals surface area contributed by atoms with Gasteiger partial charge in [0, 0.05) is 6.61 Å². The van der Waals surface area contributed by atoms with Crippen molar-refractivity contribution in [1.29, 1.82) is 0 Å². The van der Waals surface area contributed by atoms with Crippen molar-refractivity contribution in [3.8, 4) is 0 Å². The summed E-state index contributed by atoms with van der Waals surface area (Å²) in [6, 6.07) is 0.214. The van der Waals surface area contributed by atoms with Crippen LogP contribution < -0.4 is 5.32 Å². The lowest BCUT2D eigenvalue weighted by atomic mass is 10.1. The van der Waals surface area contributed by atoms with Gasteiger partial charge in [0.15, 0.2) is 0 Å². The van der Waals surface area contributed by atoms with Gasteiger partial charge in [0.2, 0.25) is 5.91 Å². The number of amides is 1. The highest BCUT2D eigenvalue weighted by Gasteiger charge is 2.17. The summed E-state index contributed by atoms with van der Waals surface area (Å²) in [5.74, 6) is 0.0468. The van der Waals surface area contributed by atoms with E-state index in [1.165, 1.54) is 0 Å². The highest BCUT2D eigenvalue weighted by Crippen LogP contribution is 2.07. The fraction of sp³-hybridized carbons (Fsp3) is 0.875. The van der Waals surface area contributed by atoms with Crippen LogP contribution in [0.25, 0.3) is 0 Å². The van der Waals surface area contributed by atoms with Gasteiger partial charge in [0.1, 0.15) is 0 Å². The van der Waals surface area contributed by atoms with Crippen LogP contribution in [0.15, 0.2) is 0 Å². The maximum Gasteiger partial charge on any atom is 0.233 e. The maximum absolute atomic E-state index is 11.2. The quantitative estimate of drug-likeness (QED) is 0.728. The van der Waals surface area contributed by atoms with Crippen molar-refractivity contribution in [2.75, 3.05) is 13.2 Å². The highest BCUT2D eigenvalue weighted by molar-refractivity contribution is 9.10. The Hall–Kier alpha value is -0.0900. The van der Waals surface area contributed by atoms with E-state index in [1.54, 1.807) is 0 Å². The van der Waals surface area contributed by atoms with Crippen LogP contribution in [-0.4, -0.2) is 30.0 Å². The molecule has 0 aromatic rings. The topological polar surface area (TPSA) is 38.3 Å². The molecule has 0 aromatic carbocycles.